The molecule has 0 aliphatic rings. The predicted molar refractivity (Wildman–Crippen MR) is 125 cm³/mol. The lowest BCUT2D eigenvalue weighted by Crippen LogP contribution is -2.11. The van der Waals surface area contributed by atoms with Gasteiger partial charge in [-0.3, -0.25) is 4.79 Å². The fraction of sp³-hybridized carbons (Fsp3) is 0.160. The van der Waals surface area contributed by atoms with Gasteiger partial charge in [0.15, 0.2) is 5.78 Å². The first-order valence-electron chi connectivity index (χ1n) is 9.51. The summed E-state index contributed by atoms with van der Waals surface area (Å²) in [6.45, 7) is 4.20. The molecule has 0 saturated carbocycles. The van der Waals surface area contributed by atoms with Crippen LogP contribution in [0.1, 0.15) is 40.9 Å². The van der Waals surface area contributed by atoms with Crippen LogP contribution in [-0.4, -0.2) is 5.78 Å². The van der Waals surface area contributed by atoms with Crippen molar-refractivity contribution in [3.63, 3.8) is 0 Å². The zero-order chi connectivity index (χ0) is 19.8. The van der Waals surface area contributed by atoms with Crippen LogP contribution in [0.15, 0.2) is 69.6 Å². The van der Waals surface area contributed by atoms with Crippen LogP contribution < -0.4 is 0 Å². The van der Waals surface area contributed by atoms with Gasteiger partial charge in [0.25, 0.3) is 0 Å². The third kappa shape index (κ3) is 3.11. The molecule has 4 aromatic carbocycles. The smallest absolute Gasteiger partial charge is 0.195 e. The molecule has 0 saturated heterocycles. The van der Waals surface area contributed by atoms with Crippen molar-refractivity contribution >= 4 is 59.2 Å². The van der Waals surface area contributed by atoms with Gasteiger partial charge in [0.1, 0.15) is 0 Å². The van der Waals surface area contributed by atoms with Crippen LogP contribution in [0.4, 0.5) is 0 Å². The first-order chi connectivity index (χ1) is 13.6. The molecule has 0 bridgehead atoms. The van der Waals surface area contributed by atoms with E-state index in [0.29, 0.717) is 0 Å². The Bertz CT molecular complexity index is 1130. The van der Waals surface area contributed by atoms with Crippen molar-refractivity contribution in [1.82, 2.24) is 0 Å². The first-order valence-corrected chi connectivity index (χ1v) is 11.1. The van der Waals surface area contributed by atoms with E-state index in [0.717, 1.165) is 65.6 Å². The Morgan fingerprint density at radius 1 is 0.714 bits per heavy atom. The third-order valence-corrected chi connectivity index (χ3v) is 7.00. The molecule has 0 aliphatic carbocycles. The Morgan fingerprint density at radius 2 is 1.11 bits per heavy atom. The number of carbonyl (C=O) groups is 1. The Kier molecular flexibility index (Phi) is 5.39. The molecule has 0 spiro atoms. The van der Waals surface area contributed by atoms with Gasteiger partial charge in [-0.15, -0.1) is 0 Å². The standard InChI is InChI=1S/C25H20Br2O/c1-3-15-13-17-9-5-7-11-19(17)23(26)21(15)25(28)22-16(4-2)14-18-10-6-8-12-20(18)24(22)27/h5-14H,3-4H2,1-2H3. The van der Waals surface area contributed by atoms with Gasteiger partial charge in [-0.1, -0.05) is 74.5 Å². The normalized spacial score (nSPS) is 11.3. The zero-order valence-corrected chi connectivity index (χ0v) is 19.0. The van der Waals surface area contributed by atoms with E-state index in [1.165, 1.54) is 0 Å². The van der Waals surface area contributed by atoms with E-state index < -0.39 is 0 Å². The maximum absolute atomic E-state index is 13.9. The highest BCUT2D eigenvalue weighted by atomic mass is 79.9. The van der Waals surface area contributed by atoms with Gasteiger partial charge in [0, 0.05) is 20.1 Å². The van der Waals surface area contributed by atoms with Crippen molar-refractivity contribution in [3.8, 4) is 0 Å². The fourth-order valence-electron chi connectivity index (χ4n) is 3.89. The van der Waals surface area contributed by atoms with Gasteiger partial charge < -0.3 is 0 Å². The number of rotatable bonds is 4. The van der Waals surface area contributed by atoms with Gasteiger partial charge >= 0.3 is 0 Å². The van der Waals surface area contributed by atoms with Crippen molar-refractivity contribution < 1.29 is 4.79 Å². The summed E-state index contributed by atoms with van der Waals surface area (Å²) in [6, 6.07) is 20.7. The molecule has 0 aliphatic heterocycles. The molecule has 0 amide bonds. The molecule has 0 heterocycles. The zero-order valence-electron chi connectivity index (χ0n) is 15.9. The molecule has 28 heavy (non-hydrogen) atoms. The predicted octanol–water partition coefficient (Wildman–Crippen LogP) is 7.87. The van der Waals surface area contributed by atoms with Crippen LogP contribution >= 0.6 is 31.9 Å². The van der Waals surface area contributed by atoms with E-state index in [2.05, 4.69) is 82.1 Å². The van der Waals surface area contributed by atoms with Crippen LogP contribution in [-0.2, 0) is 12.8 Å². The van der Waals surface area contributed by atoms with E-state index in [4.69, 9.17) is 0 Å². The highest BCUT2D eigenvalue weighted by molar-refractivity contribution is 9.11. The molecule has 140 valence electrons. The van der Waals surface area contributed by atoms with Crippen molar-refractivity contribution in [3.05, 3.63) is 91.9 Å². The number of hydrogen-bond acceptors (Lipinski definition) is 1. The largest absolute Gasteiger partial charge is 0.289 e. The van der Waals surface area contributed by atoms with Crippen molar-refractivity contribution in [2.75, 3.05) is 0 Å². The maximum atomic E-state index is 13.9. The Hall–Kier alpha value is -1.97. The van der Waals surface area contributed by atoms with Crippen LogP contribution in [0, 0.1) is 0 Å². The van der Waals surface area contributed by atoms with E-state index in [1.807, 2.05) is 24.3 Å². The van der Waals surface area contributed by atoms with Gasteiger partial charge in [0.2, 0.25) is 0 Å². The summed E-state index contributed by atoms with van der Waals surface area (Å²) in [5.74, 6) is 0.0731. The fourth-order valence-corrected chi connectivity index (χ4v) is 5.48. The number of hydrogen-bond donors (Lipinski definition) is 0. The molecule has 1 nitrogen and oxygen atoms in total. The summed E-state index contributed by atoms with van der Waals surface area (Å²) >= 11 is 7.51. The SMILES string of the molecule is CCc1cc2ccccc2c(Br)c1C(=O)c1c(CC)cc2ccccc2c1Br. The first kappa shape index (κ1) is 19.4. The maximum Gasteiger partial charge on any atom is 0.195 e. The van der Waals surface area contributed by atoms with E-state index in [9.17, 15) is 4.79 Å². The van der Waals surface area contributed by atoms with Crippen LogP contribution in [0.25, 0.3) is 21.5 Å². The number of fused-ring (bicyclic) bond motifs is 2. The number of carbonyl (C=O) groups excluding carboxylic acids is 1. The molecule has 4 rings (SSSR count). The van der Waals surface area contributed by atoms with E-state index in [1.54, 1.807) is 0 Å². The average molecular weight is 496 g/mol. The Balaban J connectivity index is 2.03. The van der Waals surface area contributed by atoms with Crippen molar-refractivity contribution in [2.45, 2.75) is 26.7 Å². The second kappa shape index (κ2) is 7.81. The number of benzene rings is 4. The summed E-state index contributed by atoms with van der Waals surface area (Å²) in [7, 11) is 0. The summed E-state index contributed by atoms with van der Waals surface area (Å²) in [5, 5.41) is 4.43. The number of ketones is 1. The minimum absolute atomic E-state index is 0.0731. The van der Waals surface area contributed by atoms with Gasteiger partial charge in [-0.25, -0.2) is 0 Å². The highest BCUT2D eigenvalue weighted by Crippen LogP contribution is 2.37. The second-order valence-corrected chi connectivity index (χ2v) is 8.51. The number of aryl methyl sites for hydroxylation is 2. The minimum Gasteiger partial charge on any atom is -0.289 e. The summed E-state index contributed by atoms with van der Waals surface area (Å²) < 4.78 is 1.77. The summed E-state index contributed by atoms with van der Waals surface area (Å²) in [4.78, 5) is 13.9. The topological polar surface area (TPSA) is 17.1 Å². The lowest BCUT2D eigenvalue weighted by atomic mass is 9.89. The molecule has 4 aromatic rings. The lowest BCUT2D eigenvalue weighted by molar-refractivity contribution is 0.103. The van der Waals surface area contributed by atoms with Gasteiger partial charge in [-0.05, 0) is 77.4 Å². The summed E-state index contributed by atoms with van der Waals surface area (Å²) in [5.41, 5.74) is 3.68. The molecule has 0 radical (unpaired) electrons. The number of halogens is 2. The monoisotopic (exact) mass is 494 g/mol. The molecule has 0 unspecified atom stereocenters. The molecule has 0 N–H and O–H groups in total. The molecular formula is C25H20Br2O. The highest BCUT2D eigenvalue weighted by Gasteiger charge is 2.24. The molecule has 3 heteroatoms. The summed E-state index contributed by atoms with van der Waals surface area (Å²) in [6.07, 6.45) is 1.61. The van der Waals surface area contributed by atoms with Crippen LogP contribution in [0.3, 0.4) is 0 Å². The van der Waals surface area contributed by atoms with Gasteiger partial charge in [0.05, 0.1) is 0 Å². The lowest BCUT2D eigenvalue weighted by Gasteiger charge is -2.17. The van der Waals surface area contributed by atoms with E-state index >= 15 is 0 Å². The van der Waals surface area contributed by atoms with Crippen molar-refractivity contribution in [2.24, 2.45) is 0 Å². The van der Waals surface area contributed by atoms with Crippen molar-refractivity contribution in [1.29, 1.82) is 0 Å². The van der Waals surface area contributed by atoms with Gasteiger partial charge in [-0.2, -0.15) is 0 Å². The molecule has 0 fully saturated rings. The Labute approximate surface area is 182 Å². The molecule has 0 aromatic heterocycles. The average Bonchev–Trinajstić information content (AvgIpc) is 2.73. The third-order valence-electron chi connectivity index (χ3n) is 5.35. The molecular weight excluding hydrogens is 476 g/mol. The Morgan fingerprint density at radius 3 is 1.50 bits per heavy atom. The van der Waals surface area contributed by atoms with Crippen LogP contribution in [0.2, 0.25) is 0 Å². The minimum atomic E-state index is 0.0731. The van der Waals surface area contributed by atoms with Crippen LogP contribution in [0.5, 0.6) is 0 Å². The molecule has 0 atom stereocenters. The second-order valence-electron chi connectivity index (χ2n) is 6.93. The van der Waals surface area contributed by atoms with E-state index in [-0.39, 0.29) is 5.78 Å². The quantitative estimate of drug-likeness (QED) is 0.263.